The summed E-state index contributed by atoms with van der Waals surface area (Å²) in [6.45, 7) is 0. The average molecular weight is 175 g/mol. The van der Waals surface area contributed by atoms with Gasteiger partial charge in [0, 0.05) is 19.1 Å². The van der Waals surface area contributed by atoms with E-state index in [0.29, 0.717) is 12.8 Å². The van der Waals surface area contributed by atoms with Crippen LogP contribution in [-0.2, 0) is 4.74 Å². The first-order valence-electron chi connectivity index (χ1n) is 4.28. The molecule has 1 aliphatic rings. The highest BCUT2D eigenvalue weighted by Crippen LogP contribution is 2.26. The van der Waals surface area contributed by atoms with Crippen LogP contribution in [0.15, 0.2) is 0 Å². The first-order chi connectivity index (χ1) is 5.63. The van der Waals surface area contributed by atoms with Gasteiger partial charge in [0.05, 0.1) is 6.10 Å². The normalized spacial score (nSPS) is 39.5. The molecule has 0 aromatic heterocycles. The van der Waals surface area contributed by atoms with Crippen molar-refractivity contribution in [3.8, 4) is 0 Å². The molecule has 0 spiro atoms. The third kappa shape index (κ3) is 2.42. The van der Waals surface area contributed by atoms with Crippen molar-refractivity contribution in [2.45, 2.75) is 37.7 Å². The summed E-state index contributed by atoms with van der Waals surface area (Å²) in [5.74, 6) is -0.0197. The van der Waals surface area contributed by atoms with Gasteiger partial charge in [0.1, 0.15) is 0 Å². The summed E-state index contributed by atoms with van der Waals surface area (Å²) in [5.41, 5.74) is 5.68. The van der Waals surface area contributed by atoms with Gasteiger partial charge >= 0.3 is 0 Å². The Labute approximate surface area is 72.3 Å². The molecule has 0 amide bonds. The molecule has 0 aliphatic heterocycles. The lowest BCUT2D eigenvalue weighted by Gasteiger charge is -2.32. The first-order valence-corrected chi connectivity index (χ1v) is 4.28. The Morgan fingerprint density at radius 2 is 2.08 bits per heavy atom. The molecule has 4 nitrogen and oxygen atoms in total. The van der Waals surface area contributed by atoms with Crippen molar-refractivity contribution in [2.75, 3.05) is 7.11 Å². The van der Waals surface area contributed by atoms with Gasteiger partial charge < -0.3 is 20.7 Å². The van der Waals surface area contributed by atoms with E-state index in [1.165, 1.54) is 7.11 Å². The summed E-state index contributed by atoms with van der Waals surface area (Å²) >= 11 is 0. The first kappa shape index (κ1) is 9.92. The smallest absolute Gasteiger partial charge is 0.157 e. The fourth-order valence-corrected chi connectivity index (χ4v) is 1.80. The van der Waals surface area contributed by atoms with Crippen LogP contribution in [0.2, 0.25) is 0 Å². The molecule has 1 rings (SSSR count). The van der Waals surface area contributed by atoms with Crippen LogP contribution < -0.4 is 5.73 Å². The minimum absolute atomic E-state index is 0.0106. The molecule has 4 atom stereocenters. The minimum atomic E-state index is -0.786. The van der Waals surface area contributed by atoms with Crippen molar-refractivity contribution >= 4 is 0 Å². The Hall–Kier alpha value is -0.160. The Balaban J connectivity index is 2.43. The zero-order valence-corrected chi connectivity index (χ0v) is 7.31. The zero-order valence-electron chi connectivity index (χ0n) is 7.31. The summed E-state index contributed by atoms with van der Waals surface area (Å²) in [6.07, 6.45) is 0.774. The fraction of sp³-hybridized carbons (Fsp3) is 1.00. The molecular weight excluding hydrogens is 158 g/mol. The molecule has 0 aromatic rings. The van der Waals surface area contributed by atoms with Crippen molar-refractivity contribution in [2.24, 2.45) is 11.7 Å². The average Bonchev–Trinajstić information content (AvgIpc) is 2.01. The second-order valence-corrected chi connectivity index (χ2v) is 3.51. The zero-order chi connectivity index (χ0) is 9.14. The van der Waals surface area contributed by atoms with Crippen molar-refractivity contribution in [3.63, 3.8) is 0 Å². The van der Waals surface area contributed by atoms with Crippen LogP contribution in [0.5, 0.6) is 0 Å². The molecule has 1 saturated carbocycles. The van der Waals surface area contributed by atoms with Gasteiger partial charge in [-0.1, -0.05) is 0 Å². The number of aliphatic hydroxyl groups excluding tert-OH is 2. The Morgan fingerprint density at radius 1 is 1.42 bits per heavy atom. The highest BCUT2D eigenvalue weighted by molar-refractivity contribution is 4.81. The minimum Gasteiger partial charge on any atom is -0.393 e. The summed E-state index contributed by atoms with van der Waals surface area (Å²) in [4.78, 5) is 0. The predicted molar refractivity (Wildman–Crippen MR) is 44.3 cm³/mol. The van der Waals surface area contributed by atoms with Crippen LogP contribution in [0.1, 0.15) is 19.3 Å². The van der Waals surface area contributed by atoms with Crippen LogP contribution in [0.3, 0.4) is 0 Å². The number of hydrogen-bond donors (Lipinski definition) is 3. The molecule has 1 fully saturated rings. The maximum absolute atomic E-state index is 9.35. The van der Waals surface area contributed by atoms with Crippen molar-refractivity contribution in [1.82, 2.24) is 0 Å². The molecular formula is C8H17NO3. The Morgan fingerprint density at radius 3 is 2.58 bits per heavy atom. The number of nitrogens with two attached hydrogens (primary N) is 1. The Kier molecular flexibility index (Phi) is 3.46. The van der Waals surface area contributed by atoms with Gasteiger partial charge in [-0.3, -0.25) is 0 Å². The second kappa shape index (κ2) is 4.18. The van der Waals surface area contributed by atoms with E-state index in [1.54, 1.807) is 0 Å². The van der Waals surface area contributed by atoms with E-state index in [2.05, 4.69) is 0 Å². The maximum Gasteiger partial charge on any atom is 0.157 e. The topological polar surface area (TPSA) is 75.7 Å². The van der Waals surface area contributed by atoms with E-state index in [4.69, 9.17) is 10.5 Å². The van der Waals surface area contributed by atoms with E-state index < -0.39 is 6.29 Å². The van der Waals surface area contributed by atoms with Gasteiger partial charge in [0.2, 0.25) is 0 Å². The standard InChI is InChI=1S/C8H17NO3/c1-12-8(11)5-2-6(9)4-7(10)3-5/h5-8,10-11H,2-4,9H2,1H3. The quantitative estimate of drug-likeness (QED) is 0.492. The number of rotatable bonds is 2. The van der Waals surface area contributed by atoms with Gasteiger partial charge in [-0.15, -0.1) is 0 Å². The number of aliphatic hydroxyl groups is 2. The molecule has 0 bridgehead atoms. The fourth-order valence-electron chi connectivity index (χ4n) is 1.80. The van der Waals surface area contributed by atoms with Crippen LogP contribution in [0.4, 0.5) is 0 Å². The van der Waals surface area contributed by atoms with Gasteiger partial charge in [0.15, 0.2) is 6.29 Å². The van der Waals surface area contributed by atoms with Crippen molar-refractivity contribution in [1.29, 1.82) is 0 Å². The summed E-state index contributed by atoms with van der Waals surface area (Å²) in [6, 6.07) is -0.0106. The summed E-state index contributed by atoms with van der Waals surface area (Å²) < 4.78 is 4.78. The van der Waals surface area contributed by atoms with Crippen molar-refractivity contribution in [3.05, 3.63) is 0 Å². The molecule has 12 heavy (non-hydrogen) atoms. The number of hydrogen-bond acceptors (Lipinski definition) is 4. The molecule has 72 valence electrons. The predicted octanol–water partition coefficient (Wildman–Crippen LogP) is -0.561. The number of methoxy groups -OCH3 is 1. The van der Waals surface area contributed by atoms with Crippen LogP contribution in [0.25, 0.3) is 0 Å². The largest absolute Gasteiger partial charge is 0.393 e. The SMILES string of the molecule is COC(O)C1CC(N)CC(O)C1. The van der Waals surface area contributed by atoms with Crippen LogP contribution in [0, 0.1) is 5.92 Å². The third-order valence-corrected chi connectivity index (χ3v) is 2.40. The molecule has 0 aromatic carbocycles. The van der Waals surface area contributed by atoms with Crippen LogP contribution in [-0.4, -0.2) is 35.8 Å². The van der Waals surface area contributed by atoms with Crippen LogP contribution >= 0.6 is 0 Å². The summed E-state index contributed by atoms with van der Waals surface area (Å²) in [7, 11) is 1.46. The van der Waals surface area contributed by atoms with Gasteiger partial charge in [0.25, 0.3) is 0 Å². The Bertz CT molecular complexity index is 132. The maximum atomic E-state index is 9.35. The van der Waals surface area contributed by atoms with Gasteiger partial charge in [-0.2, -0.15) is 0 Å². The summed E-state index contributed by atoms with van der Waals surface area (Å²) in [5, 5.41) is 18.7. The highest BCUT2D eigenvalue weighted by Gasteiger charge is 2.30. The second-order valence-electron chi connectivity index (χ2n) is 3.51. The molecule has 0 heterocycles. The molecule has 1 aliphatic carbocycles. The molecule has 4 N–H and O–H groups in total. The van der Waals surface area contributed by atoms with E-state index in [9.17, 15) is 10.2 Å². The highest BCUT2D eigenvalue weighted by atomic mass is 16.6. The third-order valence-electron chi connectivity index (χ3n) is 2.40. The monoisotopic (exact) mass is 175 g/mol. The van der Waals surface area contributed by atoms with E-state index >= 15 is 0 Å². The molecule has 0 radical (unpaired) electrons. The lowest BCUT2D eigenvalue weighted by Crippen LogP contribution is -2.40. The molecule has 0 saturated heterocycles. The molecule has 4 unspecified atom stereocenters. The lowest BCUT2D eigenvalue weighted by atomic mass is 9.84. The van der Waals surface area contributed by atoms with E-state index in [-0.39, 0.29) is 18.1 Å². The molecule has 4 heteroatoms. The van der Waals surface area contributed by atoms with Gasteiger partial charge in [-0.25, -0.2) is 0 Å². The van der Waals surface area contributed by atoms with Gasteiger partial charge in [-0.05, 0) is 19.3 Å². The van der Waals surface area contributed by atoms with E-state index in [0.717, 1.165) is 6.42 Å². The van der Waals surface area contributed by atoms with E-state index in [1.807, 2.05) is 0 Å². The van der Waals surface area contributed by atoms with Crippen molar-refractivity contribution < 1.29 is 14.9 Å². The lowest BCUT2D eigenvalue weighted by molar-refractivity contribution is -0.131. The number of ether oxygens (including phenoxy) is 1.